The highest BCUT2D eigenvalue weighted by Crippen LogP contribution is 2.44. The number of rotatable bonds is 8. The van der Waals surface area contributed by atoms with Crippen molar-refractivity contribution in [3.05, 3.63) is 101 Å². The smallest absolute Gasteiger partial charge is 0.356 e. The van der Waals surface area contributed by atoms with Crippen LogP contribution in [-0.2, 0) is 27.2 Å². The van der Waals surface area contributed by atoms with Gasteiger partial charge in [-0.05, 0) is 158 Å². The Morgan fingerprint density at radius 1 is 0.736 bits per heavy atom. The minimum atomic E-state index is -2.43. The number of ketones is 1. The number of aliphatic hydroxyl groups is 1. The van der Waals surface area contributed by atoms with Crippen LogP contribution in [0.3, 0.4) is 0 Å². The zero-order chi connectivity index (χ0) is 39.4. The van der Waals surface area contributed by atoms with Gasteiger partial charge in [-0.1, -0.05) is 0 Å². The summed E-state index contributed by atoms with van der Waals surface area (Å²) in [5.74, 6) is -4.92. The van der Waals surface area contributed by atoms with E-state index < -0.39 is 41.0 Å². The van der Waals surface area contributed by atoms with Gasteiger partial charge in [-0.25, -0.2) is 19.2 Å². The Labute approximate surface area is 314 Å². The van der Waals surface area contributed by atoms with Gasteiger partial charge in [0.2, 0.25) is 5.60 Å². The first-order chi connectivity index (χ1) is 24.8. The average Bonchev–Trinajstić information content (AvgIpc) is 3.57. The molecule has 278 valence electrons. The summed E-state index contributed by atoms with van der Waals surface area (Å²) in [6.07, 6.45) is 3.95. The third kappa shape index (κ3) is 6.41. The van der Waals surface area contributed by atoms with Gasteiger partial charge in [-0.15, -0.1) is 0 Å². The van der Waals surface area contributed by atoms with E-state index in [0.29, 0.717) is 52.0 Å². The molecule has 5 rings (SSSR count). The number of aromatic carboxylic acids is 1. The Kier molecular flexibility index (Phi) is 10.5. The minimum Gasteiger partial charge on any atom is -0.506 e. The molecule has 53 heavy (non-hydrogen) atoms. The van der Waals surface area contributed by atoms with E-state index >= 15 is 0 Å². The summed E-state index contributed by atoms with van der Waals surface area (Å²) in [7, 11) is 1.19. The molecule has 3 aromatic rings. The molecule has 3 N–H and O–H groups in total. The van der Waals surface area contributed by atoms with Crippen molar-refractivity contribution >= 4 is 45.6 Å². The summed E-state index contributed by atoms with van der Waals surface area (Å²) in [5.41, 5.74) is 2.21. The lowest BCUT2D eigenvalue weighted by Crippen LogP contribution is -2.47. The van der Waals surface area contributed by atoms with E-state index in [2.05, 4.69) is 15.9 Å². The maximum atomic E-state index is 13.7. The van der Waals surface area contributed by atoms with E-state index in [0.717, 1.165) is 24.1 Å². The summed E-state index contributed by atoms with van der Waals surface area (Å²) in [4.78, 5) is 64.8. The fourth-order valence-electron chi connectivity index (χ4n) is 6.98. The van der Waals surface area contributed by atoms with E-state index in [1.165, 1.54) is 33.9 Å². The number of ether oxygens (including phenoxy) is 4. The first-order valence-electron chi connectivity index (χ1n) is 16.7. The number of fused-ring (bicyclic) bond motifs is 1. The number of hydrogen-bond donors (Lipinski definition) is 3. The Morgan fingerprint density at radius 2 is 1.30 bits per heavy atom. The maximum absolute atomic E-state index is 13.7. The van der Waals surface area contributed by atoms with Crippen molar-refractivity contribution in [3.63, 3.8) is 0 Å². The number of phenols is 1. The summed E-state index contributed by atoms with van der Waals surface area (Å²) >= 11 is 3.21. The summed E-state index contributed by atoms with van der Waals surface area (Å²) in [6, 6.07) is 1.52. The molecule has 0 saturated heterocycles. The van der Waals surface area contributed by atoms with Gasteiger partial charge in [-0.3, -0.25) is 4.79 Å². The number of esters is 3. The van der Waals surface area contributed by atoms with Crippen LogP contribution in [0.15, 0.2) is 34.0 Å². The number of methoxy groups -OCH3 is 1. The van der Waals surface area contributed by atoms with Crippen LogP contribution in [0.4, 0.5) is 0 Å². The number of carboxylic acids is 1. The van der Waals surface area contributed by atoms with Gasteiger partial charge in [0.25, 0.3) is 0 Å². The quantitative estimate of drug-likeness (QED) is 0.164. The third-order valence-electron chi connectivity index (χ3n) is 10.3. The van der Waals surface area contributed by atoms with Crippen LogP contribution < -0.4 is 14.2 Å². The van der Waals surface area contributed by atoms with Crippen molar-refractivity contribution in [1.29, 1.82) is 0 Å². The number of halogens is 1. The van der Waals surface area contributed by atoms with E-state index in [9.17, 15) is 39.3 Å². The highest BCUT2D eigenvalue weighted by atomic mass is 79.9. The number of aromatic hydroxyl groups is 1. The Balaban J connectivity index is 1.44. The monoisotopic (exact) mass is 790 g/mol. The molecule has 1 unspecified atom stereocenters. The van der Waals surface area contributed by atoms with Crippen molar-refractivity contribution in [3.8, 4) is 23.0 Å². The maximum Gasteiger partial charge on any atom is 0.356 e. The molecule has 0 saturated carbocycles. The average molecular weight is 792 g/mol. The lowest BCUT2D eigenvalue weighted by molar-refractivity contribution is -0.151. The third-order valence-corrected chi connectivity index (χ3v) is 11.1. The highest BCUT2D eigenvalue weighted by molar-refractivity contribution is 9.10. The van der Waals surface area contributed by atoms with Crippen molar-refractivity contribution < 1.29 is 58.2 Å². The van der Waals surface area contributed by atoms with Gasteiger partial charge in [0.15, 0.2) is 11.5 Å². The van der Waals surface area contributed by atoms with Crippen LogP contribution in [-0.4, -0.2) is 57.7 Å². The standard InChI is InChI=1S/C40H39BrO12/c1-16-13-27(18(3)19(4)29(16)37(46)52-34-22(7)20(5)30(36(44)45)25-11-10-12-26(25)34)51-38(47)31-21(6)23(8)35(32(41)33(31)43)53-39(48)40(49)17(2)14-24(42)15-28(40)50-9/h13-15,43,49H,10-12H2,1-9H3,(H,44,45). The number of hydrogen-bond acceptors (Lipinski definition) is 11. The molecular weight excluding hydrogens is 752 g/mol. The van der Waals surface area contributed by atoms with Crippen molar-refractivity contribution in [1.82, 2.24) is 0 Å². The second kappa shape index (κ2) is 14.3. The number of phenolic OH excluding ortho intramolecular Hbond substituents is 1. The molecule has 0 amide bonds. The van der Waals surface area contributed by atoms with Crippen molar-refractivity contribution in [2.75, 3.05) is 7.11 Å². The Morgan fingerprint density at radius 3 is 1.92 bits per heavy atom. The number of benzene rings is 3. The van der Waals surface area contributed by atoms with Gasteiger partial charge in [-0.2, -0.15) is 0 Å². The second-order valence-corrected chi connectivity index (χ2v) is 14.1. The predicted octanol–water partition coefficient (Wildman–Crippen LogP) is 6.63. The molecule has 0 heterocycles. The normalized spacial score (nSPS) is 16.4. The van der Waals surface area contributed by atoms with Gasteiger partial charge >= 0.3 is 23.9 Å². The molecule has 0 aliphatic heterocycles. The molecule has 1 atom stereocenters. The summed E-state index contributed by atoms with van der Waals surface area (Å²) in [6.45, 7) is 12.9. The molecule has 2 aliphatic rings. The summed E-state index contributed by atoms with van der Waals surface area (Å²) < 4.78 is 22.3. The van der Waals surface area contributed by atoms with Crippen LogP contribution >= 0.6 is 15.9 Å². The molecule has 0 radical (unpaired) electrons. The van der Waals surface area contributed by atoms with Crippen LogP contribution in [0.1, 0.15) is 94.5 Å². The Hall–Kier alpha value is -5.27. The van der Waals surface area contributed by atoms with Crippen molar-refractivity contribution in [2.24, 2.45) is 0 Å². The van der Waals surface area contributed by atoms with Crippen LogP contribution in [0.25, 0.3) is 0 Å². The van der Waals surface area contributed by atoms with Crippen molar-refractivity contribution in [2.45, 2.75) is 80.3 Å². The molecule has 0 aromatic heterocycles. The zero-order valence-corrected chi connectivity index (χ0v) is 32.3. The number of carboxylic acid groups (broad SMARTS) is 1. The van der Waals surface area contributed by atoms with E-state index in [1.807, 2.05) is 0 Å². The SMILES string of the molecule is COC1=CC(=O)C=C(C)C1(O)C(=O)Oc1c(C)c(C)c(C(=O)Oc2cc(C)c(C(=O)Oc3c(C)c(C)c(C(=O)O)c4c3CCC4)c(C)c2C)c(O)c1Br. The second-order valence-electron chi connectivity index (χ2n) is 13.3. The molecule has 12 nitrogen and oxygen atoms in total. The van der Waals surface area contributed by atoms with Gasteiger partial charge in [0.05, 0.1) is 18.2 Å². The molecule has 0 spiro atoms. The molecule has 2 aliphatic carbocycles. The van der Waals surface area contributed by atoms with Gasteiger partial charge in [0.1, 0.15) is 33.0 Å². The Bertz CT molecular complexity index is 2210. The zero-order valence-electron chi connectivity index (χ0n) is 30.7. The lowest BCUT2D eigenvalue weighted by Gasteiger charge is -2.30. The summed E-state index contributed by atoms with van der Waals surface area (Å²) in [5, 5.41) is 32.3. The number of carbonyl (C=O) groups is 5. The van der Waals surface area contributed by atoms with Crippen LogP contribution in [0, 0.1) is 48.5 Å². The first kappa shape index (κ1) is 38.9. The van der Waals surface area contributed by atoms with E-state index in [4.69, 9.17) is 18.9 Å². The fourth-order valence-corrected chi connectivity index (χ4v) is 7.56. The molecule has 3 aromatic carbocycles. The highest BCUT2D eigenvalue weighted by Gasteiger charge is 2.48. The molecular formula is C40H39BrO12. The fraction of sp³-hybridized carbons (Fsp3) is 0.325. The number of carbonyl (C=O) groups excluding carboxylic acids is 4. The first-order valence-corrected chi connectivity index (χ1v) is 17.4. The topological polar surface area (TPSA) is 183 Å². The molecule has 0 bridgehead atoms. The molecule has 0 fully saturated rings. The lowest BCUT2D eigenvalue weighted by atomic mass is 9.87. The van der Waals surface area contributed by atoms with E-state index in [1.54, 1.807) is 34.6 Å². The minimum absolute atomic E-state index is 0.0369. The van der Waals surface area contributed by atoms with Crippen LogP contribution in [0.5, 0.6) is 23.0 Å². The molecule has 13 heteroatoms. The van der Waals surface area contributed by atoms with Gasteiger partial charge in [0, 0.05) is 6.08 Å². The van der Waals surface area contributed by atoms with Gasteiger partial charge < -0.3 is 34.3 Å². The number of aryl methyl sites for hydroxylation is 1. The predicted molar refractivity (Wildman–Crippen MR) is 195 cm³/mol. The van der Waals surface area contributed by atoms with E-state index in [-0.39, 0.29) is 55.1 Å². The number of allylic oxidation sites excluding steroid dienone is 2. The largest absolute Gasteiger partial charge is 0.506 e. The van der Waals surface area contributed by atoms with Crippen LogP contribution in [0.2, 0.25) is 0 Å².